The second-order valence-electron chi connectivity index (χ2n) is 3.84. The first-order valence-corrected chi connectivity index (χ1v) is 6.56. The molecule has 5 heteroatoms. The zero-order valence-electron chi connectivity index (χ0n) is 9.68. The summed E-state index contributed by atoms with van der Waals surface area (Å²) in [7, 11) is 0. The van der Waals surface area contributed by atoms with Gasteiger partial charge in [0, 0.05) is 11.3 Å². The molecule has 1 aromatic carbocycles. The smallest absolute Gasteiger partial charge is 0.244 e. The fraction of sp³-hybridized carbons (Fsp3) is 0.231. The lowest BCUT2D eigenvalue weighted by Crippen LogP contribution is -2.34. The first-order chi connectivity index (χ1) is 8.69. The highest BCUT2D eigenvalue weighted by Gasteiger charge is 2.22. The van der Waals surface area contributed by atoms with Crippen molar-refractivity contribution >= 4 is 29.3 Å². The summed E-state index contributed by atoms with van der Waals surface area (Å²) >= 11 is 1.51. The lowest BCUT2D eigenvalue weighted by Gasteiger charge is -2.14. The van der Waals surface area contributed by atoms with Crippen molar-refractivity contribution in [3.63, 3.8) is 0 Å². The van der Waals surface area contributed by atoms with Crippen molar-refractivity contribution in [1.82, 2.24) is 4.90 Å². The molecule has 0 spiro atoms. The van der Waals surface area contributed by atoms with Gasteiger partial charge >= 0.3 is 0 Å². The summed E-state index contributed by atoms with van der Waals surface area (Å²) in [6.45, 7) is 0.0894. The number of rotatable bonds is 3. The molecule has 0 bridgehead atoms. The number of nitrogens with zero attached hydrogens (tertiary/aromatic N) is 1. The van der Waals surface area contributed by atoms with E-state index in [2.05, 4.69) is 11.2 Å². The van der Waals surface area contributed by atoms with E-state index < -0.39 is 0 Å². The Hall–Kier alpha value is -1.93. The highest BCUT2D eigenvalue weighted by atomic mass is 32.2. The van der Waals surface area contributed by atoms with Crippen LogP contribution in [0.25, 0.3) is 0 Å². The van der Waals surface area contributed by atoms with Crippen LogP contribution < -0.4 is 5.32 Å². The van der Waals surface area contributed by atoms with Crippen molar-refractivity contribution in [3.8, 4) is 12.3 Å². The average Bonchev–Trinajstić information content (AvgIpc) is 2.75. The molecule has 18 heavy (non-hydrogen) atoms. The van der Waals surface area contributed by atoms with Gasteiger partial charge in [-0.05, 0) is 18.2 Å². The number of terminal acetylenes is 1. The van der Waals surface area contributed by atoms with E-state index in [9.17, 15) is 9.59 Å². The van der Waals surface area contributed by atoms with Gasteiger partial charge in [0.25, 0.3) is 0 Å². The van der Waals surface area contributed by atoms with Gasteiger partial charge in [-0.1, -0.05) is 12.0 Å². The number of thioether (sulfide) groups is 1. The number of hydrogen-bond acceptors (Lipinski definition) is 3. The van der Waals surface area contributed by atoms with Crippen LogP contribution in [0, 0.1) is 12.3 Å². The minimum absolute atomic E-state index is 0.00697. The van der Waals surface area contributed by atoms with Crippen molar-refractivity contribution in [2.24, 2.45) is 0 Å². The molecule has 1 heterocycles. The molecule has 0 saturated carbocycles. The second-order valence-corrected chi connectivity index (χ2v) is 4.80. The van der Waals surface area contributed by atoms with Gasteiger partial charge in [-0.2, -0.15) is 0 Å². The van der Waals surface area contributed by atoms with E-state index in [0.717, 1.165) is 0 Å². The highest BCUT2D eigenvalue weighted by molar-refractivity contribution is 8.00. The summed E-state index contributed by atoms with van der Waals surface area (Å²) in [5.74, 6) is 3.34. The molecule has 2 amide bonds. The first kappa shape index (κ1) is 12.5. The summed E-state index contributed by atoms with van der Waals surface area (Å²) in [6, 6.07) is 7.05. The van der Waals surface area contributed by atoms with Gasteiger partial charge in [-0.15, -0.1) is 18.2 Å². The summed E-state index contributed by atoms with van der Waals surface area (Å²) in [5, 5.41) is 2.73. The lowest BCUT2D eigenvalue weighted by atomic mass is 10.2. The Morgan fingerprint density at radius 1 is 1.56 bits per heavy atom. The van der Waals surface area contributed by atoms with Gasteiger partial charge in [0.1, 0.15) is 6.54 Å². The van der Waals surface area contributed by atoms with Gasteiger partial charge in [-0.3, -0.25) is 9.59 Å². The Balaban J connectivity index is 1.94. The molecule has 92 valence electrons. The number of benzene rings is 1. The summed E-state index contributed by atoms with van der Waals surface area (Å²) in [5.41, 5.74) is 1.36. The Morgan fingerprint density at radius 2 is 2.39 bits per heavy atom. The molecule has 1 saturated heterocycles. The van der Waals surface area contributed by atoms with E-state index in [1.807, 2.05) is 0 Å². The van der Waals surface area contributed by atoms with Crippen LogP contribution in [0.3, 0.4) is 0 Å². The quantitative estimate of drug-likeness (QED) is 0.829. The molecule has 1 fully saturated rings. The molecule has 0 radical (unpaired) electrons. The number of nitrogens with one attached hydrogen (secondary N) is 1. The Kier molecular flexibility index (Phi) is 3.90. The minimum atomic E-state index is -0.208. The van der Waals surface area contributed by atoms with Gasteiger partial charge in [0.05, 0.1) is 11.6 Å². The number of carbonyl (C=O) groups is 2. The third-order valence-electron chi connectivity index (χ3n) is 2.47. The van der Waals surface area contributed by atoms with Gasteiger partial charge in [0.15, 0.2) is 0 Å². The van der Waals surface area contributed by atoms with Crippen LogP contribution in [-0.2, 0) is 9.59 Å². The van der Waals surface area contributed by atoms with Gasteiger partial charge in [0.2, 0.25) is 11.8 Å². The maximum atomic E-state index is 11.7. The molecule has 1 aromatic rings. The van der Waals surface area contributed by atoms with Crippen LogP contribution in [-0.4, -0.2) is 34.9 Å². The van der Waals surface area contributed by atoms with Gasteiger partial charge < -0.3 is 10.2 Å². The maximum absolute atomic E-state index is 11.7. The molecule has 1 aliphatic rings. The molecule has 4 nitrogen and oxygen atoms in total. The summed E-state index contributed by atoms with van der Waals surface area (Å²) < 4.78 is 0. The SMILES string of the molecule is C#Cc1cccc(NC(=O)CN2CSCC2=O)c1. The predicted molar refractivity (Wildman–Crippen MR) is 72.0 cm³/mol. The zero-order valence-corrected chi connectivity index (χ0v) is 10.5. The first-order valence-electron chi connectivity index (χ1n) is 5.41. The van der Waals surface area contributed by atoms with Crippen LogP contribution in [0.1, 0.15) is 5.56 Å². The van der Waals surface area contributed by atoms with Crippen LogP contribution >= 0.6 is 11.8 Å². The molecule has 1 aliphatic heterocycles. The van der Waals surface area contributed by atoms with Crippen molar-refractivity contribution in [2.45, 2.75) is 0 Å². The van der Waals surface area contributed by atoms with Crippen molar-refractivity contribution in [3.05, 3.63) is 29.8 Å². The highest BCUT2D eigenvalue weighted by Crippen LogP contribution is 2.15. The van der Waals surface area contributed by atoms with E-state index in [-0.39, 0.29) is 18.4 Å². The Morgan fingerprint density at radius 3 is 3.06 bits per heavy atom. The number of amides is 2. The third kappa shape index (κ3) is 3.05. The number of carbonyl (C=O) groups excluding carboxylic acids is 2. The normalized spacial score (nSPS) is 14.4. The molecule has 0 atom stereocenters. The topological polar surface area (TPSA) is 49.4 Å². The van der Waals surface area contributed by atoms with Crippen LogP contribution in [0.4, 0.5) is 5.69 Å². The summed E-state index contributed by atoms with van der Waals surface area (Å²) in [6.07, 6.45) is 5.28. The fourth-order valence-corrected chi connectivity index (χ4v) is 2.50. The molecule has 0 aliphatic carbocycles. The van der Waals surface area contributed by atoms with Crippen molar-refractivity contribution in [2.75, 3.05) is 23.5 Å². The second kappa shape index (κ2) is 5.61. The van der Waals surface area contributed by atoms with Crippen molar-refractivity contribution < 1.29 is 9.59 Å². The summed E-state index contributed by atoms with van der Waals surface area (Å²) in [4.78, 5) is 24.6. The van der Waals surface area contributed by atoms with Crippen molar-refractivity contribution in [1.29, 1.82) is 0 Å². The number of hydrogen-bond donors (Lipinski definition) is 1. The predicted octanol–water partition coefficient (Wildman–Crippen LogP) is 1.14. The van der Waals surface area contributed by atoms with Crippen LogP contribution in [0.5, 0.6) is 0 Å². The van der Waals surface area contributed by atoms with Crippen LogP contribution in [0.15, 0.2) is 24.3 Å². The lowest BCUT2D eigenvalue weighted by molar-refractivity contribution is -0.130. The standard InChI is InChI=1S/C13H12N2O2S/c1-2-10-4-3-5-11(6-10)14-12(16)7-15-9-18-8-13(15)17/h1,3-6H,7-9H2,(H,14,16). The van der Waals surface area contributed by atoms with E-state index in [1.165, 1.54) is 16.7 Å². The van der Waals surface area contributed by atoms with E-state index in [4.69, 9.17) is 6.42 Å². The Labute approximate surface area is 110 Å². The van der Waals surface area contributed by atoms with E-state index in [0.29, 0.717) is 22.9 Å². The largest absolute Gasteiger partial charge is 0.325 e. The molecule has 0 aromatic heterocycles. The fourth-order valence-electron chi connectivity index (χ4n) is 1.60. The maximum Gasteiger partial charge on any atom is 0.244 e. The zero-order chi connectivity index (χ0) is 13.0. The van der Waals surface area contributed by atoms with E-state index >= 15 is 0 Å². The molecule has 1 N–H and O–H groups in total. The average molecular weight is 260 g/mol. The number of anilines is 1. The molecular formula is C13H12N2O2S. The molecular weight excluding hydrogens is 248 g/mol. The molecule has 2 rings (SSSR count). The van der Waals surface area contributed by atoms with E-state index in [1.54, 1.807) is 24.3 Å². The van der Waals surface area contributed by atoms with Crippen LogP contribution in [0.2, 0.25) is 0 Å². The monoisotopic (exact) mass is 260 g/mol. The third-order valence-corrected chi connectivity index (χ3v) is 3.42. The Bertz CT molecular complexity index is 522. The molecule has 0 unspecified atom stereocenters. The van der Waals surface area contributed by atoms with Gasteiger partial charge in [-0.25, -0.2) is 0 Å². The minimum Gasteiger partial charge on any atom is -0.325 e.